The summed E-state index contributed by atoms with van der Waals surface area (Å²) in [5.41, 5.74) is 0.879. The maximum absolute atomic E-state index is 10.9. The summed E-state index contributed by atoms with van der Waals surface area (Å²) in [6.45, 7) is 3.10. The van der Waals surface area contributed by atoms with Crippen LogP contribution < -0.4 is 4.74 Å². The van der Waals surface area contributed by atoms with Crippen LogP contribution in [0.5, 0.6) is 5.75 Å². The minimum absolute atomic E-state index is 0.00333. The number of hydrogen-bond donors (Lipinski definition) is 1. The predicted octanol–water partition coefficient (Wildman–Crippen LogP) is 1.92. The Morgan fingerprint density at radius 3 is 3.13 bits per heavy atom. The van der Waals surface area contributed by atoms with Gasteiger partial charge in [0.25, 0.3) is 0 Å². The van der Waals surface area contributed by atoms with Crippen molar-refractivity contribution in [2.75, 3.05) is 13.2 Å². The molecule has 1 fully saturated rings. The van der Waals surface area contributed by atoms with Gasteiger partial charge in [0.2, 0.25) is 0 Å². The van der Waals surface area contributed by atoms with Crippen molar-refractivity contribution < 1.29 is 19.4 Å². The van der Waals surface area contributed by atoms with Crippen LogP contribution in [0.4, 0.5) is 0 Å². The fourth-order valence-corrected chi connectivity index (χ4v) is 2.32. The van der Waals surface area contributed by atoms with Gasteiger partial charge in [-0.3, -0.25) is 0 Å². The summed E-state index contributed by atoms with van der Waals surface area (Å²) in [7, 11) is 0. The van der Waals surface area contributed by atoms with E-state index in [9.17, 15) is 4.79 Å². The molecule has 15 heavy (non-hydrogen) atoms. The van der Waals surface area contributed by atoms with Crippen LogP contribution in [0.25, 0.3) is 0 Å². The van der Waals surface area contributed by atoms with E-state index in [-0.39, 0.29) is 11.0 Å². The molecule has 0 spiro atoms. The lowest BCUT2D eigenvalue weighted by atomic mass is 10.2. The van der Waals surface area contributed by atoms with Crippen LogP contribution in [0.2, 0.25) is 0 Å². The van der Waals surface area contributed by atoms with E-state index in [0.29, 0.717) is 19.0 Å². The van der Waals surface area contributed by atoms with Gasteiger partial charge < -0.3 is 14.6 Å². The largest absolute Gasteiger partial charge is 0.486 e. The van der Waals surface area contributed by atoms with Crippen LogP contribution in [0.3, 0.4) is 0 Å². The van der Waals surface area contributed by atoms with Crippen molar-refractivity contribution in [2.24, 2.45) is 0 Å². The monoisotopic (exact) mass is 228 g/mol. The lowest BCUT2D eigenvalue weighted by molar-refractivity contribution is 0.0693. The summed E-state index contributed by atoms with van der Waals surface area (Å²) in [5.74, 6) is -0.426. The average Bonchev–Trinajstić information content (AvgIpc) is 2.78. The quantitative estimate of drug-likeness (QED) is 0.858. The van der Waals surface area contributed by atoms with E-state index in [1.807, 2.05) is 6.92 Å². The van der Waals surface area contributed by atoms with Gasteiger partial charge in [-0.2, -0.15) is 0 Å². The first kappa shape index (κ1) is 10.4. The van der Waals surface area contributed by atoms with Crippen LogP contribution in [-0.4, -0.2) is 30.4 Å². The van der Waals surface area contributed by atoms with Crippen molar-refractivity contribution in [3.05, 3.63) is 15.8 Å². The summed E-state index contributed by atoms with van der Waals surface area (Å²) >= 11 is 1.20. The standard InChI is InChI=1S/C10H12O4S/c1-6-5-15-9(10(11)12)8(6)14-7-2-3-13-4-7/h5,7H,2-4H2,1H3,(H,11,12)/t7-/m1/s1. The highest BCUT2D eigenvalue weighted by molar-refractivity contribution is 7.12. The van der Waals surface area contributed by atoms with Crippen molar-refractivity contribution >= 4 is 17.3 Å². The number of carbonyl (C=O) groups is 1. The highest BCUT2D eigenvalue weighted by Gasteiger charge is 2.23. The van der Waals surface area contributed by atoms with Crippen LogP contribution in [0.1, 0.15) is 21.7 Å². The van der Waals surface area contributed by atoms with Crippen molar-refractivity contribution in [1.82, 2.24) is 0 Å². The molecule has 5 heteroatoms. The first-order valence-electron chi connectivity index (χ1n) is 4.74. The van der Waals surface area contributed by atoms with Crippen molar-refractivity contribution in [3.63, 3.8) is 0 Å². The average molecular weight is 228 g/mol. The van der Waals surface area contributed by atoms with Gasteiger partial charge in [-0.15, -0.1) is 11.3 Å². The van der Waals surface area contributed by atoms with Crippen LogP contribution in [0.15, 0.2) is 5.38 Å². The molecule has 1 aromatic rings. The molecule has 1 N–H and O–H groups in total. The van der Waals surface area contributed by atoms with Crippen LogP contribution in [-0.2, 0) is 4.74 Å². The Morgan fingerprint density at radius 1 is 1.73 bits per heavy atom. The third-order valence-corrected chi connectivity index (χ3v) is 3.35. The topological polar surface area (TPSA) is 55.8 Å². The molecule has 0 bridgehead atoms. The maximum Gasteiger partial charge on any atom is 0.349 e. The number of ether oxygens (including phenoxy) is 2. The van der Waals surface area contributed by atoms with Gasteiger partial charge in [0.05, 0.1) is 13.2 Å². The second kappa shape index (κ2) is 4.20. The lowest BCUT2D eigenvalue weighted by Crippen LogP contribution is -2.17. The Morgan fingerprint density at radius 2 is 2.53 bits per heavy atom. The zero-order valence-corrected chi connectivity index (χ0v) is 9.17. The number of carboxylic acids is 1. The molecule has 0 amide bonds. The highest BCUT2D eigenvalue weighted by Crippen LogP contribution is 2.31. The van der Waals surface area contributed by atoms with Gasteiger partial charge in [-0.1, -0.05) is 0 Å². The first-order valence-corrected chi connectivity index (χ1v) is 5.62. The third-order valence-electron chi connectivity index (χ3n) is 2.28. The third kappa shape index (κ3) is 2.13. The minimum Gasteiger partial charge on any atom is -0.486 e. The number of carboxylic acid groups (broad SMARTS) is 1. The smallest absolute Gasteiger partial charge is 0.349 e. The molecule has 4 nitrogen and oxygen atoms in total. The zero-order valence-electron chi connectivity index (χ0n) is 8.36. The van der Waals surface area contributed by atoms with Gasteiger partial charge in [0, 0.05) is 12.0 Å². The molecule has 1 aromatic heterocycles. The molecule has 2 rings (SSSR count). The Balaban J connectivity index is 2.18. The Hall–Kier alpha value is -1.07. The highest BCUT2D eigenvalue weighted by atomic mass is 32.1. The Bertz CT molecular complexity index is 365. The molecular formula is C10H12O4S. The molecule has 82 valence electrons. The number of rotatable bonds is 3. The van der Waals surface area contributed by atoms with E-state index < -0.39 is 5.97 Å². The van der Waals surface area contributed by atoms with Gasteiger partial charge >= 0.3 is 5.97 Å². The predicted molar refractivity (Wildman–Crippen MR) is 55.9 cm³/mol. The van der Waals surface area contributed by atoms with Gasteiger partial charge in [-0.25, -0.2) is 4.79 Å². The Kier molecular flexibility index (Phi) is 2.93. The molecule has 1 saturated heterocycles. The molecule has 1 aliphatic rings. The van der Waals surface area contributed by atoms with Crippen LogP contribution in [0, 0.1) is 6.92 Å². The summed E-state index contributed by atoms with van der Waals surface area (Å²) in [4.78, 5) is 11.2. The van der Waals surface area contributed by atoms with Crippen molar-refractivity contribution in [2.45, 2.75) is 19.4 Å². The van der Waals surface area contributed by atoms with Crippen molar-refractivity contribution in [3.8, 4) is 5.75 Å². The van der Waals surface area contributed by atoms with E-state index >= 15 is 0 Å². The summed E-state index contributed by atoms with van der Waals surface area (Å²) in [6.07, 6.45) is 0.824. The van der Waals surface area contributed by atoms with Crippen LogP contribution >= 0.6 is 11.3 Å². The first-order chi connectivity index (χ1) is 7.18. The molecular weight excluding hydrogens is 216 g/mol. The maximum atomic E-state index is 10.9. The molecule has 0 aromatic carbocycles. The zero-order chi connectivity index (χ0) is 10.8. The molecule has 0 radical (unpaired) electrons. The number of aryl methyl sites for hydroxylation is 1. The number of aromatic carboxylic acids is 1. The van der Waals surface area contributed by atoms with E-state index in [2.05, 4.69) is 0 Å². The van der Waals surface area contributed by atoms with Gasteiger partial charge in [-0.05, 0) is 12.3 Å². The van der Waals surface area contributed by atoms with Gasteiger partial charge in [0.1, 0.15) is 11.9 Å². The van der Waals surface area contributed by atoms with Gasteiger partial charge in [0.15, 0.2) is 4.88 Å². The molecule has 0 aliphatic carbocycles. The summed E-state index contributed by atoms with van der Waals surface area (Å²) < 4.78 is 10.8. The number of hydrogen-bond acceptors (Lipinski definition) is 4. The lowest BCUT2D eigenvalue weighted by Gasteiger charge is -2.12. The van der Waals surface area contributed by atoms with E-state index in [0.717, 1.165) is 12.0 Å². The fourth-order valence-electron chi connectivity index (χ4n) is 1.50. The molecule has 1 atom stereocenters. The molecule has 0 unspecified atom stereocenters. The molecule has 0 saturated carbocycles. The Labute approximate surface area is 91.4 Å². The fraction of sp³-hybridized carbons (Fsp3) is 0.500. The van der Waals surface area contributed by atoms with E-state index in [1.54, 1.807) is 5.38 Å². The molecule has 1 aliphatic heterocycles. The normalized spacial score (nSPS) is 20.5. The minimum atomic E-state index is -0.929. The second-order valence-corrected chi connectivity index (χ2v) is 4.37. The molecule has 2 heterocycles. The number of thiophene rings is 1. The van der Waals surface area contributed by atoms with Crippen molar-refractivity contribution in [1.29, 1.82) is 0 Å². The SMILES string of the molecule is Cc1csc(C(=O)O)c1O[C@@H]1CCOC1. The summed E-state index contributed by atoms with van der Waals surface area (Å²) in [6, 6.07) is 0. The summed E-state index contributed by atoms with van der Waals surface area (Å²) in [5, 5.41) is 10.8. The van der Waals surface area contributed by atoms with E-state index in [1.165, 1.54) is 11.3 Å². The second-order valence-electron chi connectivity index (χ2n) is 3.49. The van der Waals surface area contributed by atoms with E-state index in [4.69, 9.17) is 14.6 Å².